The van der Waals surface area contributed by atoms with Crippen LogP contribution in [0.4, 0.5) is 0 Å². The number of aliphatic imine (C=N–C) groups is 1. The van der Waals surface area contributed by atoms with Crippen molar-refractivity contribution in [1.29, 1.82) is 0 Å². The van der Waals surface area contributed by atoms with E-state index in [1.54, 1.807) is 11.3 Å². The maximum atomic E-state index is 4.59. The monoisotopic (exact) mass is 474 g/mol. The average Bonchev–Trinajstić information content (AvgIpc) is 3.24. The molecule has 8 heteroatoms. The van der Waals surface area contributed by atoms with Crippen LogP contribution in [0.3, 0.4) is 0 Å². The molecule has 1 unspecified atom stereocenters. The third kappa shape index (κ3) is 5.16. The fourth-order valence-electron chi connectivity index (χ4n) is 3.20. The van der Waals surface area contributed by atoms with E-state index in [1.807, 2.05) is 25.0 Å². The Bertz CT molecular complexity index is 703. The molecule has 1 atom stereocenters. The number of nitrogens with one attached hydrogen (secondary N) is 1. The summed E-state index contributed by atoms with van der Waals surface area (Å²) < 4.78 is 1.88. The van der Waals surface area contributed by atoms with Crippen LogP contribution in [0, 0.1) is 19.8 Å². The van der Waals surface area contributed by atoms with Gasteiger partial charge in [0.15, 0.2) is 5.96 Å². The van der Waals surface area contributed by atoms with Gasteiger partial charge in [0.1, 0.15) is 5.01 Å². The molecule has 0 amide bonds. The Morgan fingerprint density at radius 2 is 2.24 bits per heavy atom. The van der Waals surface area contributed by atoms with E-state index in [4.69, 9.17) is 0 Å². The molecule has 0 aromatic carbocycles. The third-order valence-corrected chi connectivity index (χ3v) is 5.62. The standard InChI is InChI=1S/C17H26N6S.HI/c1-12-13(2)24-16(21-12)9-19-17(18-3)23-6-5-14(11-23)7-15-8-20-22(4)10-15;/h8,10,14H,5-7,9,11H2,1-4H3,(H,18,19);1H. The molecule has 0 spiro atoms. The Labute approximate surface area is 170 Å². The molecule has 2 aromatic rings. The summed E-state index contributed by atoms with van der Waals surface area (Å²) in [5.74, 6) is 1.64. The summed E-state index contributed by atoms with van der Waals surface area (Å²) in [6, 6.07) is 0. The fraction of sp³-hybridized carbons (Fsp3) is 0.588. The summed E-state index contributed by atoms with van der Waals surface area (Å²) in [6.45, 7) is 7.03. The first-order valence-electron chi connectivity index (χ1n) is 8.41. The van der Waals surface area contributed by atoms with E-state index in [2.05, 4.69) is 45.3 Å². The van der Waals surface area contributed by atoms with Crippen LogP contribution in [-0.4, -0.2) is 45.8 Å². The summed E-state index contributed by atoms with van der Waals surface area (Å²) in [6.07, 6.45) is 6.38. The number of hydrogen-bond acceptors (Lipinski definition) is 4. The number of thiazole rings is 1. The fourth-order valence-corrected chi connectivity index (χ4v) is 4.08. The molecule has 0 aliphatic carbocycles. The number of likely N-dealkylation sites (tertiary alicyclic amines) is 1. The van der Waals surface area contributed by atoms with Crippen molar-refractivity contribution < 1.29 is 0 Å². The third-order valence-electron chi connectivity index (χ3n) is 4.55. The molecule has 138 valence electrons. The number of aromatic nitrogens is 3. The number of guanidine groups is 1. The Morgan fingerprint density at radius 3 is 2.84 bits per heavy atom. The summed E-state index contributed by atoms with van der Waals surface area (Å²) in [7, 11) is 3.83. The van der Waals surface area contributed by atoms with Crippen LogP contribution in [0.2, 0.25) is 0 Å². The highest BCUT2D eigenvalue weighted by Crippen LogP contribution is 2.21. The highest BCUT2D eigenvalue weighted by Gasteiger charge is 2.25. The number of aryl methyl sites for hydroxylation is 3. The molecule has 6 nitrogen and oxygen atoms in total. The molecule has 3 heterocycles. The molecular weight excluding hydrogens is 447 g/mol. The lowest BCUT2D eigenvalue weighted by molar-refractivity contribution is 0.459. The van der Waals surface area contributed by atoms with E-state index in [-0.39, 0.29) is 24.0 Å². The Morgan fingerprint density at radius 1 is 1.44 bits per heavy atom. The molecular formula is C17H27IN6S. The second-order valence-corrected chi connectivity index (χ2v) is 7.76. The van der Waals surface area contributed by atoms with Crippen LogP contribution < -0.4 is 5.32 Å². The second kappa shape index (κ2) is 8.98. The van der Waals surface area contributed by atoms with Crippen molar-refractivity contribution >= 4 is 41.3 Å². The first-order valence-corrected chi connectivity index (χ1v) is 9.23. The minimum absolute atomic E-state index is 0. The first-order chi connectivity index (χ1) is 11.5. The molecule has 1 saturated heterocycles. The van der Waals surface area contributed by atoms with Crippen LogP contribution in [-0.2, 0) is 20.0 Å². The van der Waals surface area contributed by atoms with Crippen molar-refractivity contribution in [3.8, 4) is 0 Å². The van der Waals surface area contributed by atoms with Gasteiger partial charge in [0, 0.05) is 38.3 Å². The molecule has 0 saturated carbocycles. The summed E-state index contributed by atoms with van der Waals surface area (Å²) >= 11 is 1.76. The van der Waals surface area contributed by atoms with Gasteiger partial charge >= 0.3 is 0 Å². The maximum absolute atomic E-state index is 4.59. The van der Waals surface area contributed by atoms with E-state index < -0.39 is 0 Å². The van der Waals surface area contributed by atoms with E-state index in [0.717, 1.165) is 42.7 Å². The number of halogens is 1. The van der Waals surface area contributed by atoms with E-state index in [9.17, 15) is 0 Å². The van der Waals surface area contributed by atoms with Crippen molar-refractivity contribution in [1.82, 2.24) is 25.0 Å². The van der Waals surface area contributed by atoms with Gasteiger partial charge in [-0.3, -0.25) is 9.67 Å². The van der Waals surface area contributed by atoms with Crippen LogP contribution >= 0.6 is 35.3 Å². The Balaban J connectivity index is 0.00000225. The molecule has 1 aliphatic heterocycles. The molecule has 2 aromatic heterocycles. The van der Waals surface area contributed by atoms with Crippen LogP contribution in [0.25, 0.3) is 0 Å². The Kier molecular flexibility index (Phi) is 7.24. The second-order valence-electron chi connectivity index (χ2n) is 6.48. The molecule has 1 aliphatic rings. The van der Waals surface area contributed by atoms with Gasteiger partial charge in [0.2, 0.25) is 0 Å². The number of hydrogen-bond donors (Lipinski definition) is 1. The van der Waals surface area contributed by atoms with Crippen LogP contribution in [0.1, 0.15) is 27.6 Å². The minimum Gasteiger partial charge on any atom is -0.350 e. The van der Waals surface area contributed by atoms with Gasteiger partial charge in [-0.25, -0.2) is 4.98 Å². The molecule has 1 N–H and O–H groups in total. The van der Waals surface area contributed by atoms with Gasteiger partial charge in [-0.15, -0.1) is 35.3 Å². The zero-order valence-corrected chi connectivity index (χ0v) is 18.5. The molecule has 1 fully saturated rings. The quantitative estimate of drug-likeness (QED) is 0.421. The number of nitrogens with zero attached hydrogens (tertiary/aromatic N) is 5. The van der Waals surface area contributed by atoms with Crippen molar-refractivity contribution in [3.63, 3.8) is 0 Å². The number of rotatable bonds is 4. The summed E-state index contributed by atoms with van der Waals surface area (Å²) in [5, 5.41) is 8.85. The van der Waals surface area contributed by atoms with Crippen molar-refractivity contribution in [2.45, 2.75) is 33.2 Å². The van der Waals surface area contributed by atoms with Crippen molar-refractivity contribution in [2.75, 3.05) is 20.1 Å². The topological polar surface area (TPSA) is 58.3 Å². The molecule has 25 heavy (non-hydrogen) atoms. The van der Waals surface area contributed by atoms with Crippen molar-refractivity contribution in [3.05, 3.63) is 33.5 Å². The highest BCUT2D eigenvalue weighted by molar-refractivity contribution is 14.0. The Hall–Kier alpha value is -1.16. The highest BCUT2D eigenvalue weighted by atomic mass is 127. The first kappa shape index (κ1) is 20.2. The zero-order chi connectivity index (χ0) is 17.1. The van der Waals surface area contributed by atoms with Gasteiger partial charge < -0.3 is 10.2 Å². The lowest BCUT2D eigenvalue weighted by Gasteiger charge is -2.21. The SMILES string of the molecule is CN=C(NCc1nc(C)c(C)s1)N1CCC(Cc2cnn(C)c2)C1.I. The molecule has 0 bridgehead atoms. The predicted molar refractivity (Wildman–Crippen MR) is 114 cm³/mol. The minimum atomic E-state index is 0. The van der Waals surface area contributed by atoms with Crippen LogP contribution in [0.5, 0.6) is 0 Å². The summed E-state index contributed by atoms with van der Waals surface area (Å²) in [5.41, 5.74) is 2.45. The van der Waals surface area contributed by atoms with E-state index >= 15 is 0 Å². The van der Waals surface area contributed by atoms with Crippen molar-refractivity contribution in [2.24, 2.45) is 18.0 Å². The normalized spacial score (nSPS) is 17.7. The van der Waals surface area contributed by atoms with Gasteiger partial charge in [-0.2, -0.15) is 5.10 Å². The van der Waals surface area contributed by atoms with Gasteiger partial charge in [-0.1, -0.05) is 0 Å². The van der Waals surface area contributed by atoms with Gasteiger partial charge in [0.05, 0.1) is 18.4 Å². The van der Waals surface area contributed by atoms with E-state index in [1.165, 1.54) is 16.9 Å². The maximum Gasteiger partial charge on any atom is 0.194 e. The molecule has 3 rings (SSSR count). The largest absolute Gasteiger partial charge is 0.350 e. The molecule has 0 radical (unpaired) electrons. The zero-order valence-electron chi connectivity index (χ0n) is 15.3. The lowest BCUT2D eigenvalue weighted by atomic mass is 10.0. The van der Waals surface area contributed by atoms with E-state index in [0.29, 0.717) is 5.92 Å². The lowest BCUT2D eigenvalue weighted by Crippen LogP contribution is -2.39. The predicted octanol–water partition coefficient (Wildman–Crippen LogP) is 2.75. The average molecular weight is 474 g/mol. The van der Waals surface area contributed by atoms with Crippen LogP contribution in [0.15, 0.2) is 17.4 Å². The summed E-state index contributed by atoms with van der Waals surface area (Å²) in [4.78, 5) is 12.7. The van der Waals surface area contributed by atoms with Gasteiger partial charge in [-0.05, 0) is 38.2 Å². The van der Waals surface area contributed by atoms with Gasteiger partial charge in [0.25, 0.3) is 0 Å². The smallest absolute Gasteiger partial charge is 0.194 e.